The van der Waals surface area contributed by atoms with Gasteiger partial charge in [-0.2, -0.15) is 0 Å². The molecule has 0 aliphatic heterocycles. The molecule has 0 bridgehead atoms. The molecule has 1 atom stereocenters. The molecule has 1 unspecified atom stereocenters. The van der Waals surface area contributed by atoms with E-state index in [2.05, 4.69) is 88.8 Å². The first-order chi connectivity index (χ1) is 12.7. The third kappa shape index (κ3) is 4.10. The van der Waals surface area contributed by atoms with Crippen molar-refractivity contribution in [3.8, 4) is 0 Å². The maximum atomic E-state index is 4.66. The summed E-state index contributed by atoms with van der Waals surface area (Å²) in [4.78, 5) is 6.75. The summed E-state index contributed by atoms with van der Waals surface area (Å²) >= 11 is 0. The van der Waals surface area contributed by atoms with Crippen LogP contribution < -0.4 is 0 Å². The van der Waals surface area contributed by atoms with Gasteiger partial charge in [0.25, 0.3) is 0 Å². The van der Waals surface area contributed by atoms with E-state index in [9.17, 15) is 0 Å². The summed E-state index contributed by atoms with van der Waals surface area (Å²) in [5.74, 6) is 0.657. The standard InChI is InChI=1S/C25H34N2/c1-8-27(7)16-26-24-12-17(2)21(11-18(24)3)13-20-9-10-23-22(14-20)19(4)15-25(23,5)6/h9-12,14,16,19H,8,13,15H2,1-7H3. The van der Waals surface area contributed by atoms with Crippen molar-refractivity contribution in [1.82, 2.24) is 4.90 Å². The number of benzene rings is 2. The highest BCUT2D eigenvalue weighted by Gasteiger charge is 2.34. The van der Waals surface area contributed by atoms with Gasteiger partial charge in [0.05, 0.1) is 12.0 Å². The van der Waals surface area contributed by atoms with Crippen LogP contribution in [0.5, 0.6) is 0 Å². The van der Waals surface area contributed by atoms with E-state index in [1.54, 1.807) is 5.56 Å². The molecule has 0 radical (unpaired) electrons. The van der Waals surface area contributed by atoms with E-state index >= 15 is 0 Å². The fourth-order valence-corrected chi connectivity index (χ4v) is 4.38. The number of aryl methyl sites for hydroxylation is 2. The molecule has 0 aromatic heterocycles. The van der Waals surface area contributed by atoms with Crippen LogP contribution in [0, 0.1) is 13.8 Å². The molecule has 0 spiro atoms. The molecule has 0 fully saturated rings. The number of rotatable bonds is 5. The average molecular weight is 363 g/mol. The topological polar surface area (TPSA) is 15.6 Å². The number of fused-ring (bicyclic) bond motifs is 1. The lowest BCUT2D eigenvalue weighted by molar-refractivity contribution is 0.489. The molecule has 0 saturated heterocycles. The largest absolute Gasteiger partial charge is 0.366 e. The average Bonchev–Trinajstić information content (AvgIpc) is 2.85. The van der Waals surface area contributed by atoms with Gasteiger partial charge in [-0.3, -0.25) is 0 Å². The molecular formula is C25H34N2. The minimum Gasteiger partial charge on any atom is -0.366 e. The summed E-state index contributed by atoms with van der Waals surface area (Å²) in [6.07, 6.45) is 4.17. The van der Waals surface area contributed by atoms with Gasteiger partial charge in [0.1, 0.15) is 0 Å². The Labute approximate surface area is 165 Å². The van der Waals surface area contributed by atoms with Gasteiger partial charge in [-0.1, -0.05) is 45.0 Å². The number of nitrogens with zero attached hydrogens (tertiary/aromatic N) is 2. The van der Waals surface area contributed by atoms with Crippen LogP contribution in [0.3, 0.4) is 0 Å². The van der Waals surface area contributed by atoms with Crippen LogP contribution >= 0.6 is 0 Å². The summed E-state index contributed by atoms with van der Waals surface area (Å²) in [5, 5.41) is 0. The third-order valence-electron chi connectivity index (χ3n) is 6.13. The van der Waals surface area contributed by atoms with Gasteiger partial charge in [-0.25, -0.2) is 4.99 Å². The Bertz CT molecular complexity index is 861. The molecule has 0 N–H and O–H groups in total. The smallest absolute Gasteiger partial charge is 0.0909 e. The number of hydrogen-bond donors (Lipinski definition) is 0. The lowest BCUT2D eigenvalue weighted by Crippen LogP contribution is -2.14. The molecule has 3 rings (SSSR count). The molecule has 2 heteroatoms. The highest BCUT2D eigenvalue weighted by atomic mass is 15.1. The van der Waals surface area contributed by atoms with Crippen LogP contribution in [0.15, 0.2) is 35.3 Å². The van der Waals surface area contributed by atoms with Crippen molar-refractivity contribution in [1.29, 1.82) is 0 Å². The Morgan fingerprint density at radius 1 is 1.15 bits per heavy atom. The van der Waals surface area contributed by atoms with Crippen molar-refractivity contribution in [2.24, 2.45) is 4.99 Å². The lowest BCUT2D eigenvalue weighted by atomic mass is 9.85. The maximum Gasteiger partial charge on any atom is 0.0909 e. The molecule has 1 aliphatic rings. The predicted octanol–water partition coefficient (Wildman–Crippen LogP) is 6.29. The Hall–Kier alpha value is -2.09. The van der Waals surface area contributed by atoms with E-state index in [4.69, 9.17) is 0 Å². The second-order valence-electron chi connectivity index (χ2n) is 8.97. The lowest BCUT2D eigenvalue weighted by Gasteiger charge is -2.19. The summed E-state index contributed by atoms with van der Waals surface area (Å²) in [7, 11) is 2.05. The van der Waals surface area contributed by atoms with Crippen LogP contribution in [-0.4, -0.2) is 24.8 Å². The molecular weight excluding hydrogens is 328 g/mol. The highest BCUT2D eigenvalue weighted by molar-refractivity contribution is 5.64. The molecule has 0 saturated carbocycles. The minimum atomic E-state index is 0.311. The summed E-state index contributed by atoms with van der Waals surface area (Å²) < 4.78 is 0. The van der Waals surface area contributed by atoms with E-state index in [0.717, 1.165) is 18.7 Å². The van der Waals surface area contributed by atoms with Crippen molar-refractivity contribution in [3.05, 3.63) is 63.7 Å². The summed E-state index contributed by atoms with van der Waals surface area (Å²) in [6, 6.07) is 11.7. The van der Waals surface area contributed by atoms with Gasteiger partial charge >= 0.3 is 0 Å². The third-order valence-corrected chi connectivity index (χ3v) is 6.13. The minimum absolute atomic E-state index is 0.311. The molecule has 144 valence electrons. The van der Waals surface area contributed by atoms with Crippen LogP contribution in [0.25, 0.3) is 0 Å². The van der Waals surface area contributed by atoms with Gasteiger partial charge in [0.15, 0.2) is 0 Å². The van der Waals surface area contributed by atoms with Gasteiger partial charge in [-0.05, 0) is 84.4 Å². The van der Waals surface area contributed by atoms with Crippen molar-refractivity contribution >= 4 is 12.0 Å². The van der Waals surface area contributed by atoms with Crippen molar-refractivity contribution in [3.63, 3.8) is 0 Å². The van der Waals surface area contributed by atoms with E-state index < -0.39 is 0 Å². The summed E-state index contributed by atoms with van der Waals surface area (Å²) in [5.41, 5.74) is 9.86. The van der Waals surface area contributed by atoms with Crippen molar-refractivity contribution in [2.75, 3.05) is 13.6 Å². The van der Waals surface area contributed by atoms with Crippen molar-refractivity contribution in [2.45, 2.75) is 65.7 Å². The predicted molar refractivity (Wildman–Crippen MR) is 118 cm³/mol. The van der Waals surface area contributed by atoms with Gasteiger partial charge < -0.3 is 4.90 Å². The second-order valence-corrected chi connectivity index (χ2v) is 8.97. The van der Waals surface area contributed by atoms with Crippen LogP contribution in [0.4, 0.5) is 5.69 Å². The molecule has 27 heavy (non-hydrogen) atoms. The second kappa shape index (κ2) is 7.50. The first kappa shape index (κ1) is 19.7. The Balaban J connectivity index is 1.86. The monoisotopic (exact) mass is 362 g/mol. The Morgan fingerprint density at radius 2 is 1.89 bits per heavy atom. The normalized spacial score (nSPS) is 18.1. The molecule has 0 heterocycles. The van der Waals surface area contributed by atoms with Crippen molar-refractivity contribution < 1.29 is 0 Å². The van der Waals surface area contributed by atoms with Crippen LogP contribution in [0.2, 0.25) is 0 Å². The first-order valence-electron chi connectivity index (χ1n) is 10.2. The van der Waals surface area contributed by atoms with Gasteiger partial charge in [0, 0.05) is 13.6 Å². The SMILES string of the molecule is CCN(C)C=Nc1cc(C)c(Cc2ccc3c(c2)C(C)CC3(C)C)cc1C. The fourth-order valence-electron chi connectivity index (χ4n) is 4.38. The zero-order valence-corrected chi connectivity index (χ0v) is 18.1. The highest BCUT2D eigenvalue weighted by Crippen LogP contribution is 2.45. The van der Waals surface area contributed by atoms with Gasteiger partial charge in [0.2, 0.25) is 0 Å². The van der Waals surface area contributed by atoms with E-state index in [1.165, 1.54) is 34.2 Å². The van der Waals surface area contributed by atoms with Gasteiger partial charge in [-0.15, -0.1) is 0 Å². The molecule has 0 amide bonds. The van der Waals surface area contributed by atoms with E-state index in [1.807, 2.05) is 6.34 Å². The Morgan fingerprint density at radius 3 is 2.59 bits per heavy atom. The molecule has 1 aliphatic carbocycles. The maximum absolute atomic E-state index is 4.66. The quantitative estimate of drug-likeness (QED) is 0.451. The molecule has 2 aromatic rings. The van der Waals surface area contributed by atoms with E-state index in [0.29, 0.717) is 11.3 Å². The molecule has 2 aromatic carbocycles. The summed E-state index contributed by atoms with van der Waals surface area (Å²) in [6.45, 7) is 14.6. The zero-order valence-electron chi connectivity index (χ0n) is 18.1. The first-order valence-corrected chi connectivity index (χ1v) is 10.2. The fraction of sp³-hybridized carbons (Fsp3) is 0.480. The molecule has 2 nitrogen and oxygen atoms in total. The zero-order chi connectivity index (χ0) is 19.8. The number of hydrogen-bond acceptors (Lipinski definition) is 1. The number of aliphatic imine (C=N–C) groups is 1. The van der Waals surface area contributed by atoms with E-state index in [-0.39, 0.29) is 0 Å². The van der Waals surface area contributed by atoms with Crippen LogP contribution in [-0.2, 0) is 11.8 Å². The van der Waals surface area contributed by atoms with Crippen LogP contribution in [0.1, 0.15) is 73.4 Å². The Kier molecular flexibility index (Phi) is 5.46.